The molecule has 0 amide bonds. The number of hydrogen-bond donors (Lipinski definition) is 2. The van der Waals surface area contributed by atoms with Crippen molar-refractivity contribution in [1.82, 2.24) is 15.5 Å². The summed E-state index contributed by atoms with van der Waals surface area (Å²) >= 11 is 0. The molecule has 1 fully saturated rings. The number of benzene rings is 1. The van der Waals surface area contributed by atoms with Gasteiger partial charge in [-0.25, -0.2) is 0 Å². The van der Waals surface area contributed by atoms with Crippen molar-refractivity contribution in [2.75, 3.05) is 46.9 Å². The van der Waals surface area contributed by atoms with E-state index >= 15 is 0 Å². The zero-order valence-electron chi connectivity index (χ0n) is 16.1. The molecule has 2 rings (SSSR count). The fourth-order valence-electron chi connectivity index (χ4n) is 3.24. The highest BCUT2D eigenvalue weighted by Crippen LogP contribution is 2.17. The van der Waals surface area contributed by atoms with Gasteiger partial charge in [0.1, 0.15) is 5.75 Å². The first-order valence-corrected chi connectivity index (χ1v) is 9.51. The maximum atomic E-state index is 5.39. The quantitative estimate of drug-likeness (QED) is 0.431. The van der Waals surface area contributed by atoms with Crippen molar-refractivity contribution in [2.24, 2.45) is 10.9 Å². The van der Waals surface area contributed by atoms with Crippen molar-refractivity contribution >= 4 is 5.96 Å². The van der Waals surface area contributed by atoms with Crippen LogP contribution in [0, 0.1) is 5.92 Å². The van der Waals surface area contributed by atoms with Gasteiger partial charge in [-0.05, 0) is 62.9 Å². The fourth-order valence-corrected chi connectivity index (χ4v) is 3.24. The molecule has 0 spiro atoms. The molecule has 25 heavy (non-hydrogen) atoms. The Bertz CT molecular complexity index is 524. The Morgan fingerprint density at radius 2 is 1.92 bits per heavy atom. The SMILES string of the molecule is CN=C(NCCCN1CCC(C)CC1)NCCc1ccccc1OC. The van der Waals surface area contributed by atoms with Crippen molar-refractivity contribution in [3.63, 3.8) is 0 Å². The summed E-state index contributed by atoms with van der Waals surface area (Å²) in [6, 6.07) is 8.16. The van der Waals surface area contributed by atoms with Gasteiger partial charge in [0.25, 0.3) is 0 Å². The molecule has 0 radical (unpaired) electrons. The second-order valence-corrected chi connectivity index (χ2v) is 6.87. The van der Waals surface area contributed by atoms with Crippen molar-refractivity contribution in [3.8, 4) is 5.75 Å². The second-order valence-electron chi connectivity index (χ2n) is 6.87. The lowest BCUT2D eigenvalue weighted by Gasteiger charge is -2.30. The van der Waals surface area contributed by atoms with Crippen molar-refractivity contribution < 1.29 is 4.74 Å². The van der Waals surface area contributed by atoms with Crippen LogP contribution in [0.3, 0.4) is 0 Å². The minimum absolute atomic E-state index is 0.837. The van der Waals surface area contributed by atoms with Crippen LogP contribution in [0.5, 0.6) is 5.75 Å². The van der Waals surface area contributed by atoms with Crippen LogP contribution in [-0.2, 0) is 6.42 Å². The molecule has 1 heterocycles. The van der Waals surface area contributed by atoms with Crippen LogP contribution in [0.25, 0.3) is 0 Å². The monoisotopic (exact) mass is 346 g/mol. The van der Waals surface area contributed by atoms with Crippen LogP contribution in [0.15, 0.2) is 29.3 Å². The minimum atomic E-state index is 0.837. The molecule has 1 aliphatic rings. The first-order chi connectivity index (χ1) is 12.2. The van der Waals surface area contributed by atoms with E-state index in [0.717, 1.165) is 43.6 Å². The van der Waals surface area contributed by atoms with Gasteiger partial charge in [0.15, 0.2) is 5.96 Å². The molecular formula is C20H34N4O. The Kier molecular flexibility index (Phi) is 8.60. The predicted octanol–water partition coefficient (Wildman–Crippen LogP) is 2.52. The van der Waals surface area contributed by atoms with Crippen LogP contribution in [0.4, 0.5) is 0 Å². The topological polar surface area (TPSA) is 48.9 Å². The van der Waals surface area contributed by atoms with Crippen molar-refractivity contribution in [3.05, 3.63) is 29.8 Å². The summed E-state index contributed by atoms with van der Waals surface area (Å²) in [7, 11) is 3.54. The lowest BCUT2D eigenvalue weighted by molar-refractivity contribution is 0.191. The number of nitrogens with one attached hydrogen (secondary N) is 2. The average molecular weight is 347 g/mol. The molecule has 0 bridgehead atoms. The molecule has 140 valence electrons. The number of para-hydroxylation sites is 1. The number of hydrogen-bond acceptors (Lipinski definition) is 3. The van der Waals surface area contributed by atoms with E-state index in [4.69, 9.17) is 4.74 Å². The van der Waals surface area contributed by atoms with Crippen LogP contribution >= 0.6 is 0 Å². The van der Waals surface area contributed by atoms with Gasteiger partial charge in [0.2, 0.25) is 0 Å². The molecule has 0 aromatic heterocycles. The molecule has 0 aliphatic carbocycles. The average Bonchev–Trinajstić information content (AvgIpc) is 2.65. The van der Waals surface area contributed by atoms with Crippen LogP contribution < -0.4 is 15.4 Å². The smallest absolute Gasteiger partial charge is 0.190 e. The lowest BCUT2D eigenvalue weighted by Crippen LogP contribution is -2.40. The van der Waals surface area contributed by atoms with Crippen LogP contribution in [0.2, 0.25) is 0 Å². The summed E-state index contributed by atoms with van der Waals surface area (Å²) in [6.45, 7) is 7.85. The molecule has 1 aromatic carbocycles. The highest BCUT2D eigenvalue weighted by Gasteiger charge is 2.14. The number of aliphatic imine (C=N–C) groups is 1. The molecule has 2 N–H and O–H groups in total. The zero-order chi connectivity index (χ0) is 17.9. The Morgan fingerprint density at radius 3 is 2.64 bits per heavy atom. The number of guanidine groups is 1. The summed E-state index contributed by atoms with van der Waals surface area (Å²) in [5.41, 5.74) is 1.22. The summed E-state index contributed by atoms with van der Waals surface area (Å²) in [4.78, 5) is 6.89. The predicted molar refractivity (Wildman–Crippen MR) is 106 cm³/mol. The van der Waals surface area contributed by atoms with E-state index in [-0.39, 0.29) is 0 Å². The van der Waals surface area contributed by atoms with Crippen molar-refractivity contribution in [1.29, 1.82) is 0 Å². The molecule has 0 saturated carbocycles. The second kappa shape index (κ2) is 11.0. The number of likely N-dealkylation sites (tertiary alicyclic amines) is 1. The molecule has 5 heteroatoms. The van der Waals surface area contributed by atoms with E-state index in [1.165, 1.54) is 38.0 Å². The number of methoxy groups -OCH3 is 1. The fraction of sp³-hybridized carbons (Fsp3) is 0.650. The summed E-state index contributed by atoms with van der Waals surface area (Å²) in [5, 5.41) is 6.80. The van der Waals surface area contributed by atoms with E-state index in [9.17, 15) is 0 Å². The Labute approximate surface area is 152 Å². The first kappa shape index (κ1) is 19.6. The minimum Gasteiger partial charge on any atom is -0.496 e. The molecule has 5 nitrogen and oxygen atoms in total. The largest absolute Gasteiger partial charge is 0.496 e. The van der Waals surface area contributed by atoms with Crippen molar-refractivity contribution in [2.45, 2.75) is 32.6 Å². The Hall–Kier alpha value is -1.75. The van der Waals surface area contributed by atoms with E-state index in [2.05, 4.69) is 33.5 Å². The lowest BCUT2D eigenvalue weighted by atomic mass is 9.99. The van der Waals surface area contributed by atoms with Gasteiger partial charge in [-0.2, -0.15) is 0 Å². The number of ether oxygens (including phenoxy) is 1. The normalized spacial score (nSPS) is 16.7. The molecule has 0 atom stereocenters. The number of nitrogens with zero attached hydrogens (tertiary/aromatic N) is 2. The maximum Gasteiger partial charge on any atom is 0.190 e. The van der Waals surface area contributed by atoms with E-state index in [1.807, 2.05) is 25.2 Å². The third-order valence-corrected chi connectivity index (χ3v) is 4.92. The molecule has 1 aromatic rings. The Morgan fingerprint density at radius 1 is 1.20 bits per heavy atom. The van der Waals surface area contributed by atoms with Gasteiger partial charge in [-0.15, -0.1) is 0 Å². The third kappa shape index (κ3) is 6.94. The number of rotatable bonds is 8. The summed E-state index contributed by atoms with van der Waals surface area (Å²) in [6.07, 6.45) is 4.76. The summed E-state index contributed by atoms with van der Waals surface area (Å²) < 4.78 is 5.39. The van der Waals surface area contributed by atoms with Gasteiger partial charge in [0.05, 0.1) is 7.11 Å². The van der Waals surface area contributed by atoms with E-state index < -0.39 is 0 Å². The Balaban J connectivity index is 1.60. The summed E-state index contributed by atoms with van der Waals surface area (Å²) in [5.74, 6) is 2.73. The van der Waals surface area contributed by atoms with Crippen LogP contribution in [0.1, 0.15) is 31.7 Å². The molecular weight excluding hydrogens is 312 g/mol. The highest BCUT2D eigenvalue weighted by atomic mass is 16.5. The first-order valence-electron chi connectivity index (χ1n) is 9.51. The van der Waals surface area contributed by atoms with Gasteiger partial charge < -0.3 is 20.3 Å². The van der Waals surface area contributed by atoms with E-state index in [1.54, 1.807) is 7.11 Å². The molecule has 0 unspecified atom stereocenters. The maximum absolute atomic E-state index is 5.39. The molecule has 1 saturated heterocycles. The highest BCUT2D eigenvalue weighted by molar-refractivity contribution is 5.79. The van der Waals surface area contributed by atoms with Gasteiger partial charge >= 0.3 is 0 Å². The molecule has 1 aliphatic heterocycles. The van der Waals surface area contributed by atoms with E-state index in [0.29, 0.717) is 0 Å². The van der Waals surface area contributed by atoms with Crippen LogP contribution in [-0.4, -0.2) is 57.7 Å². The van der Waals surface area contributed by atoms with Gasteiger partial charge in [0, 0.05) is 20.1 Å². The van der Waals surface area contributed by atoms with Gasteiger partial charge in [-0.1, -0.05) is 25.1 Å². The zero-order valence-corrected chi connectivity index (χ0v) is 16.1. The van der Waals surface area contributed by atoms with Gasteiger partial charge in [-0.3, -0.25) is 4.99 Å². The third-order valence-electron chi connectivity index (χ3n) is 4.92. The standard InChI is InChI=1S/C20H34N4O/c1-17-10-15-24(16-11-17)14-6-12-22-20(21-2)23-13-9-18-7-4-5-8-19(18)25-3/h4-5,7-8,17H,6,9-16H2,1-3H3,(H2,21,22,23). The number of piperidine rings is 1.